The molecule has 0 aliphatic rings. The topological polar surface area (TPSA) is 80.3 Å². The van der Waals surface area contributed by atoms with Gasteiger partial charge in [-0.2, -0.15) is 0 Å². The molecule has 0 saturated heterocycles. The SMILES string of the molecule is CC(=O)c1ccc(NC(=O)c2cc(Nc3ccccc3OC(C)C)ccn2)cc1. The van der Waals surface area contributed by atoms with Crippen molar-refractivity contribution >= 4 is 28.8 Å². The van der Waals surface area contributed by atoms with Crippen LogP contribution in [0.2, 0.25) is 0 Å². The normalized spacial score (nSPS) is 10.5. The van der Waals surface area contributed by atoms with Gasteiger partial charge in [0.2, 0.25) is 0 Å². The lowest BCUT2D eigenvalue weighted by Gasteiger charge is -2.15. The molecule has 1 aromatic heterocycles. The Labute approximate surface area is 169 Å². The summed E-state index contributed by atoms with van der Waals surface area (Å²) in [6.45, 7) is 5.43. The zero-order valence-electron chi connectivity index (χ0n) is 16.6. The van der Waals surface area contributed by atoms with E-state index in [1.807, 2.05) is 38.1 Å². The summed E-state index contributed by atoms with van der Waals surface area (Å²) < 4.78 is 5.82. The summed E-state index contributed by atoms with van der Waals surface area (Å²) in [5, 5.41) is 6.06. The number of benzene rings is 2. The number of Topliss-reactive ketones (excluding diaryl/α,β-unsaturated/α-hetero) is 1. The van der Waals surface area contributed by atoms with Gasteiger partial charge in [0.25, 0.3) is 5.91 Å². The van der Waals surface area contributed by atoms with E-state index in [1.54, 1.807) is 42.6 Å². The van der Waals surface area contributed by atoms with E-state index in [9.17, 15) is 9.59 Å². The molecular weight excluding hydrogens is 366 g/mol. The van der Waals surface area contributed by atoms with Crippen LogP contribution in [0.5, 0.6) is 5.75 Å². The summed E-state index contributed by atoms with van der Waals surface area (Å²) in [6.07, 6.45) is 1.62. The molecule has 0 spiro atoms. The van der Waals surface area contributed by atoms with E-state index in [2.05, 4.69) is 15.6 Å². The average molecular weight is 389 g/mol. The fourth-order valence-corrected chi connectivity index (χ4v) is 2.70. The molecule has 0 unspecified atom stereocenters. The van der Waals surface area contributed by atoms with E-state index in [0.717, 1.165) is 17.1 Å². The molecule has 1 amide bonds. The monoisotopic (exact) mass is 389 g/mol. The van der Waals surface area contributed by atoms with Crippen molar-refractivity contribution < 1.29 is 14.3 Å². The number of carbonyl (C=O) groups excluding carboxylic acids is 2. The Hall–Kier alpha value is -3.67. The number of anilines is 3. The van der Waals surface area contributed by atoms with Crippen molar-refractivity contribution in [3.05, 3.63) is 78.1 Å². The smallest absolute Gasteiger partial charge is 0.274 e. The second-order valence-electron chi connectivity index (χ2n) is 6.81. The highest BCUT2D eigenvalue weighted by atomic mass is 16.5. The first-order chi connectivity index (χ1) is 13.9. The molecule has 0 radical (unpaired) electrons. The van der Waals surface area contributed by atoms with E-state index in [4.69, 9.17) is 4.74 Å². The summed E-state index contributed by atoms with van der Waals surface area (Å²) in [4.78, 5) is 28.1. The highest BCUT2D eigenvalue weighted by molar-refractivity contribution is 6.03. The van der Waals surface area contributed by atoms with Crippen LogP contribution in [0.4, 0.5) is 17.1 Å². The number of hydrogen-bond acceptors (Lipinski definition) is 5. The first-order valence-corrected chi connectivity index (χ1v) is 9.33. The van der Waals surface area contributed by atoms with Crippen molar-refractivity contribution in [3.8, 4) is 5.75 Å². The zero-order valence-corrected chi connectivity index (χ0v) is 16.6. The van der Waals surface area contributed by atoms with Gasteiger partial charge < -0.3 is 15.4 Å². The van der Waals surface area contributed by atoms with Crippen LogP contribution in [0.3, 0.4) is 0 Å². The van der Waals surface area contributed by atoms with Crippen molar-refractivity contribution in [3.63, 3.8) is 0 Å². The molecule has 0 aliphatic carbocycles. The zero-order chi connectivity index (χ0) is 20.8. The van der Waals surface area contributed by atoms with Crippen molar-refractivity contribution in [2.24, 2.45) is 0 Å². The number of hydrogen-bond donors (Lipinski definition) is 2. The quantitative estimate of drug-likeness (QED) is 0.552. The van der Waals surface area contributed by atoms with Gasteiger partial charge in [0.15, 0.2) is 5.78 Å². The van der Waals surface area contributed by atoms with Gasteiger partial charge in [0.1, 0.15) is 11.4 Å². The number of aromatic nitrogens is 1. The number of nitrogens with one attached hydrogen (secondary N) is 2. The second-order valence-corrected chi connectivity index (χ2v) is 6.81. The lowest BCUT2D eigenvalue weighted by molar-refractivity contribution is 0.101. The molecule has 2 N–H and O–H groups in total. The predicted molar refractivity (Wildman–Crippen MR) is 114 cm³/mol. The van der Waals surface area contributed by atoms with E-state index < -0.39 is 0 Å². The Morgan fingerprint density at radius 1 is 0.966 bits per heavy atom. The van der Waals surface area contributed by atoms with Crippen molar-refractivity contribution in [1.29, 1.82) is 0 Å². The van der Waals surface area contributed by atoms with Crippen LogP contribution in [0.25, 0.3) is 0 Å². The maximum Gasteiger partial charge on any atom is 0.274 e. The minimum atomic E-state index is -0.337. The van der Waals surface area contributed by atoms with Crippen LogP contribution in [0, 0.1) is 0 Å². The summed E-state index contributed by atoms with van der Waals surface area (Å²) in [7, 11) is 0. The molecule has 3 rings (SSSR count). The minimum Gasteiger partial charge on any atom is -0.489 e. The fraction of sp³-hybridized carbons (Fsp3) is 0.174. The minimum absolute atomic E-state index is 0.0231. The third kappa shape index (κ3) is 5.42. The molecule has 3 aromatic rings. The highest BCUT2D eigenvalue weighted by Gasteiger charge is 2.11. The van der Waals surface area contributed by atoms with Gasteiger partial charge in [0, 0.05) is 23.1 Å². The Balaban J connectivity index is 1.74. The third-order valence-corrected chi connectivity index (χ3v) is 4.07. The Kier molecular flexibility index (Phi) is 6.24. The molecule has 6 nitrogen and oxygen atoms in total. The van der Waals surface area contributed by atoms with Crippen LogP contribution in [0.1, 0.15) is 41.6 Å². The van der Waals surface area contributed by atoms with Crippen molar-refractivity contribution in [2.45, 2.75) is 26.9 Å². The maximum atomic E-state index is 12.6. The average Bonchev–Trinajstić information content (AvgIpc) is 2.70. The Morgan fingerprint density at radius 2 is 1.69 bits per heavy atom. The van der Waals surface area contributed by atoms with Crippen LogP contribution in [-0.2, 0) is 0 Å². The molecule has 0 saturated carbocycles. The van der Waals surface area contributed by atoms with Gasteiger partial charge >= 0.3 is 0 Å². The van der Waals surface area contributed by atoms with Crippen LogP contribution < -0.4 is 15.4 Å². The van der Waals surface area contributed by atoms with E-state index >= 15 is 0 Å². The lowest BCUT2D eigenvalue weighted by atomic mass is 10.1. The Morgan fingerprint density at radius 3 is 2.38 bits per heavy atom. The standard InChI is InChI=1S/C23H23N3O3/c1-15(2)29-22-7-5-4-6-20(22)25-19-12-13-24-21(14-19)23(28)26-18-10-8-17(9-11-18)16(3)27/h4-15H,1-3H3,(H,24,25)(H,26,28). The molecule has 6 heteroatoms. The van der Waals surface area contributed by atoms with Gasteiger partial charge in [-0.3, -0.25) is 14.6 Å². The number of pyridine rings is 1. The number of ether oxygens (including phenoxy) is 1. The molecule has 29 heavy (non-hydrogen) atoms. The lowest BCUT2D eigenvalue weighted by Crippen LogP contribution is -2.14. The molecular formula is C23H23N3O3. The molecule has 0 atom stereocenters. The molecule has 2 aromatic carbocycles. The maximum absolute atomic E-state index is 12.6. The number of rotatable bonds is 7. The Bertz CT molecular complexity index is 1010. The summed E-state index contributed by atoms with van der Waals surface area (Å²) >= 11 is 0. The van der Waals surface area contributed by atoms with E-state index in [-0.39, 0.29) is 23.5 Å². The van der Waals surface area contributed by atoms with Crippen molar-refractivity contribution in [1.82, 2.24) is 4.98 Å². The molecule has 0 fully saturated rings. The van der Waals surface area contributed by atoms with E-state index in [0.29, 0.717) is 11.3 Å². The second kappa shape index (κ2) is 9.01. The molecule has 0 bridgehead atoms. The first kappa shape index (κ1) is 20.1. The number of amides is 1. The number of para-hydroxylation sites is 2. The first-order valence-electron chi connectivity index (χ1n) is 9.33. The number of carbonyl (C=O) groups is 2. The van der Waals surface area contributed by atoms with Gasteiger partial charge in [0.05, 0.1) is 11.8 Å². The van der Waals surface area contributed by atoms with Gasteiger partial charge in [-0.1, -0.05) is 12.1 Å². The molecule has 148 valence electrons. The summed E-state index contributed by atoms with van der Waals surface area (Å²) in [5.74, 6) is 0.372. The van der Waals surface area contributed by atoms with Gasteiger partial charge in [-0.25, -0.2) is 0 Å². The number of ketones is 1. The van der Waals surface area contributed by atoms with E-state index in [1.165, 1.54) is 6.92 Å². The van der Waals surface area contributed by atoms with Crippen LogP contribution >= 0.6 is 0 Å². The van der Waals surface area contributed by atoms with Gasteiger partial charge in [-0.05, 0) is 69.3 Å². The predicted octanol–water partition coefficient (Wildman–Crippen LogP) is 5.07. The molecule has 0 aliphatic heterocycles. The van der Waals surface area contributed by atoms with Crippen molar-refractivity contribution in [2.75, 3.05) is 10.6 Å². The van der Waals surface area contributed by atoms with Crippen LogP contribution in [-0.4, -0.2) is 22.8 Å². The van der Waals surface area contributed by atoms with Gasteiger partial charge in [-0.15, -0.1) is 0 Å². The fourth-order valence-electron chi connectivity index (χ4n) is 2.70. The summed E-state index contributed by atoms with van der Waals surface area (Å²) in [5.41, 5.74) is 2.98. The largest absolute Gasteiger partial charge is 0.489 e. The highest BCUT2D eigenvalue weighted by Crippen LogP contribution is 2.28. The third-order valence-electron chi connectivity index (χ3n) is 4.07. The molecule has 1 heterocycles. The summed E-state index contributed by atoms with van der Waals surface area (Å²) in [6, 6.07) is 17.8. The number of nitrogens with zero attached hydrogens (tertiary/aromatic N) is 1. The van der Waals surface area contributed by atoms with Crippen LogP contribution in [0.15, 0.2) is 66.9 Å².